The fourth-order valence-corrected chi connectivity index (χ4v) is 2.02. The maximum Gasteiger partial charge on any atom is 0.0753 e. The SMILES string of the molecule is CC(C)n1cc(N2CCCC(N)C2)cn1. The fraction of sp³-hybridized carbons (Fsp3) is 0.727. The van der Waals surface area contributed by atoms with Gasteiger partial charge in [0.05, 0.1) is 11.9 Å². The molecule has 0 radical (unpaired) electrons. The van der Waals surface area contributed by atoms with Crippen LogP contribution in [0, 0.1) is 0 Å². The van der Waals surface area contributed by atoms with Crippen molar-refractivity contribution in [2.24, 2.45) is 5.73 Å². The molecular formula is C11H20N4. The highest BCUT2D eigenvalue weighted by Crippen LogP contribution is 2.19. The van der Waals surface area contributed by atoms with Crippen molar-refractivity contribution in [3.8, 4) is 0 Å². The van der Waals surface area contributed by atoms with E-state index in [1.165, 1.54) is 12.1 Å². The van der Waals surface area contributed by atoms with E-state index in [9.17, 15) is 0 Å². The van der Waals surface area contributed by atoms with Gasteiger partial charge in [-0.15, -0.1) is 0 Å². The Hall–Kier alpha value is -1.03. The quantitative estimate of drug-likeness (QED) is 0.799. The number of piperidine rings is 1. The molecule has 1 fully saturated rings. The molecule has 1 atom stereocenters. The van der Waals surface area contributed by atoms with Gasteiger partial charge in [0.15, 0.2) is 0 Å². The molecule has 84 valence electrons. The lowest BCUT2D eigenvalue weighted by Gasteiger charge is -2.31. The minimum atomic E-state index is 0.321. The van der Waals surface area contributed by atoms with Crippen LogP contribution >= 0.6 is 0 Å². The number of nitrogens with zero attached hydrogens (tertiary/aromatic N) is 3. The second-order valence-electron chi connectivity index (χ2n) is 4.62. The van der Waals surface area contributed by atoms with Crippen molar-refractivity contribution < 1.29 is 0 Å². The van der Waals surface area contributed by atoms with Crippen LogP contribution in [-0.2, 0) is 0 Å². The highest BCUT2D eigenvalue weighted by atomic mass is 15.3. The molecule has 2 rings (SSSR count). The number of nitrogens with two attached hydrogens (primary N) is 1. The van der Waals surface area contributed by atoms with Crippen LogP contribution in [0.3, 0.4) is 0 Å². The summed E-state index contributed by atoms with van der Waals surface area (Å²) >= 11 is 0. The maximum absolute atomic E-state index is 5.96. The largest absolute Gasteiger partial charge is 0.367 e. The lowest BCUT2D eigenvalue weighted by atomic mass is 10.1. The second-order valence-corrected chi connectivity index (χ2v) is 4.62. The molecule has 1 aliphatic heterocycles. The predicted molar refractivity (Wildman–Crippen MR) is 62.0 cm³/mol. The molecule has 0 bridgehead atoms. The normalized spacial score (nSPS) is 22.4. The fourth-order valence-electron chi connectivity index (χ4n) is 2.02. The Morgan fingerprint density at radius 3 is 2.93 bits per heavy atom. The van der Waals surface area contributed by atoms with Gasteiger partial charge in [0.25, 0.3) is 0 Å². The zero-order valence-corrected chi connectivity index (χ0v) is 9.56. The van der Waals surface area contributed by atoms with E-state index in [0.717, 1.165) is 19.5 Å². The van der Waals surface area contributed by atoms with E-state index < -0.39 is 0 Å². The van der Waals surface area contributed by atoms with Crippen molar-refractivity contribution in [1.82, 2.24) is 9.78 Å². The number of hydrogen-bond donors (Lipinski definition) is 1. The van der Waals surface area contributed by atoms with Crippen molar-refractivity contribution in [2.75, 3.05) is 18.0 Å². The van der Waals surface area contributed by atoms with E-state index in [4.69, 9.17) is 5.73 Å². The Balaban J connectivity index is 2.08. The Bertz CT molecular complexity index is 318. The first-order valence-electron chi connectivity index (χ1n) is 5.71. The third kappa shape index (κ3) is 2.31. The van der Waals surface area contributed by atoms with Crippen molar-refractivity contribution in [2.45, 2.75) is 38.8 Å². The molecule has 1 saturated heterocycles. The summed E-state index contributed by atoms with van der Waals surface area (Å²) in [5.74, 6) is 0. The molecule has 4 nitrogen and oxygen atoms in total. The van der Waals surface area contributed by atoms with Gasteiger partial charge >= 0.3 is 0 Å². The monoisotopic (exact) mass is 208 g/mol. The van der Waals surface area contributed by atoms with Gasteiger partial charge in [0, 0.05) is 31.4 Å². The standard InChI is InChI=1S/C11H20N4/c1-9(2)15-8-11(6-13-15)14-5-3-4-10(12)7-14/h6,8-10H,3-5,7,12H2,1-2H3. The van der Waals surface area contributed by atoms with E-state index in [2.05, 4.69) is 30.0 Å². The number of rotatable bonds is 2. The Morgan fingerprint density at radius 1 is 1.53 bits per heavy atom. The molecule has 1 aliphatic rings. The summed E-state index contributed by atoms with van der Waals surface area (Å²) in [5.41, 5.74) is 7.17. The lowest BCUT2D eigenvalue weighted by Crippen LogP contribution is -2.42. The molecule has 0 saturated carbocycles. The Morgan fingerprint density at radius 2 is 2.33 bits per heavy atom. The first-order chi connectivity index (χ1) is 7.16. The van der Waals surface area contributed by atoms with E-state index in [1.54, 1.807) is 0 Å². The van der Waals surface area contributed by atoms with Gasteiger partial charge in [-0.3, -0.25) is 4.68 Å². The Labute approximate surface area is 91.1 Å². The van der Waals surface area contributed by atoms with Gasteiger partial charge in [-0.2, -0.15) is 5.10 Å². The van der Waals surface area contributed by atoms with Crippen LogP contribution in [0.1, 0.15) is 32.7 Å². The summed E-state index contributed by atoms with van der Waals surface area (Å²) in [6, 6.07) is 0.748. The molecule has 2 heterocycles. The van der Waals surface area contributed by atoms with Crippen LogP contribution in [0.15, 0.2) is 12.4 Å². The summed E-state index contributed by atoms with van der Waals surface area (Å²) in [4.78, 5) is 2.33. The number of anilines is 1. The van der Waals surface area contributed by atoms with E-state index >= 15 is 0 Å². The van der Waals surface area contributed by atoms with Gasteiger partial charge in [-0.1, -0.05) is 0 Å². The lowest BCUT2D eigenvalue weighted by molar-refractivity contribution is 0.504. The summed E-state index contributed by atoms with van der Waals surface area (Å²) in [6.07, 6.45) is 6.39. The van der Waals surface area contributed by atoms with Crippen molar-refractivity contribution in [3.63, 3.8) is 0 Å². The third-order valence-corrected chi connectivity index (χ3v) is 2.94. The van der Waals surface area contributed by atoms with Crippen molar-refractivity contribution >= 4 is 5.69 Å². The van der Waals surface area contributed by atoms with Crippen LogP contribution in [0.25, 0.3) is 0 Å². The van der Waals surface area contributed by atoms with Gasteiger partial charge in [-0.25, -0.2) is 0 Å². The molecule has 1 aromatic heterocycles. The number of hydrogen-bond acceptors (Lipinski definition) is 3. The highest BCUT2D eigenvalue weighted by Gasteiger charge is 2.18. The smallest absolute Gasteiger partial charge is 0.0753 e. The average molecular weight is 208 g/mol. The van der Waals surface area contributed by atoms with Crippen molar-refractivity contribution in [3.05, 3.63) is 12.4 Å². The first-order valence-corrected chi connectivity index (χ1v) is 5.71. The van der Waals surface area contributed by atoms with E-state index in [-0.39, 0.29) is 0 Å². The molecule has 0 amide bonds. The summed E-state index contributed by atoms with van der Waals surface area (Å²) in [6.45, 7) is 6.35. The minimum Gasteiger partial charge on any atom is -0.367 e. The first kappa shape index (κ1) is 10.5. The molecule has 0 aliphatic carbocycles. The molecule has 0 spiro atoms. The van der Waals surface area contributed by atoms with Crippen LogP contribution in [-0.4, -0.2) is 28.9 Å². The second kappa shape index (κ2) is 4.23. The summed E-state index contributed by atoms with van der Waals surface area (Å²) in [7, 11) is 0. The highest BCUT2D eigenvalue weighted by molar-refractivity contribution is 5.43. The number of aromatic nitrogens is 2. The molecule has 1 aromatic rings. The Kier molecular flexibility index (Phi) is 2.95. The molecule has 15 heavy (non-hydrogen) atoms. The summed E-state index contributed by atoms with van der Waals surface area (Å²) < 4.78 is 2.00. The van der Waals surface area contributed by atoms with Gasteiger partial charge in [-0.05, 0) is 26.7 Å². The van der Waals surface area contributed by atoms with E-state index in [0.29, 0.717) is 12.1 Å². The van der Waals surface area contributed by atoms with Gasteiger partial charge in [0.1, 0.15) is 0 Å². The zero-order valence-electron chi connectivity index (χ0n) is 9.56. The van der Waals surface area contributed by atoms with Crippen molar-refractivity contribution in [1.29, 1.82) is 0 Å². The maximum atomic E-state index is 5.96. The topological polar surface area (TPSA) is 47.1 Å². The molecule has 4 heteroatoms. The molecule has 2 N–H and O–H groups in total. The zero-order chi connectivity index (χ0) is 10.8. The van der Waals surface area contributed by atoms with E-state index in [1.807, 2.05) is 10.9 Å². The average Bonchev–Trinajstić information content (AvgIpc) is 2.66. The van der Waals surface area contributed by atoms with Gasteiger partial charge < -0.3 is 10.6 Å². The molecule has 0 aromatic carbocycles. The van der Waals surface area contributed by atoms with Crippen LogP contribution < -0.4 is 10.6 Å². The predicted octanol–water partition coefficient (Wildman–Crippen LogP) is 1.39. The molecular weight excluding hydrogens is 188 g/mol. The third-order valence-electron chi connectivity index (χ3n) is 2.94. The summed E-state index contributed by atoms with van der Waals surface area (Å²) in [5, 5.41) is 4.35. The minimum absolute atomic E-state index is 0.321. The van der Waals surface area contributed by atoms with Gasteiger partial charge in [0.2, 0.25) is 0 Å². The van der Waals surface area contributed by atoms with Crippen LogP contribution in [0.4, 0.5) is 5.69 Å². The molecule has 1 unspecified atom stereocenters. The van der Waals surface area contributed by atoms with Crippen LogP contribution in [0.5, 0.6) is 0 Å². The van der Waals surface area contributed by atoms with Crippen LogP contribution in [0.2, 0.25) is 0 Å².